The average molecular weight is 564 g/mol. The van der Waals surface area contributed by atoms with Crippen LogP contribution in [-0.2, 0) is 26.0 Å². The van der Waals surface area contributed by atoms with E-state index in [1.807, 2.05) is 49.4 Å². The van der Waals surface area contributed by atoms with Gasteiger partial charge in [0.15, 0.2) is 0 Å². The minimum absolute atomic E-state index is 0.0944. The highest BCUT2D eigenvalue weighted by Gasteiger charge is 2.32. The number of rotatable bonds is 14. The van der Waals surface area contributed by atoms with Crippen molar-refractivity contribution in [3.05, 3.63) is 96.1 Å². The summed E-state index contributed by atoms with van der Waals surface area (Å²) in [6.07, 6.45) is 2.31. The predicted molar refractivity (Wildman–Crippen MR) is 161 cm³/mol. The molecule has 0 saturated heterocycles. The third kappa shape index (κ3) is 8.18. The largest absolute Gasteiger partial charge is 0.354 e. The topological polar surface area (TPSA) is 86.8 Å². The summed E-state index contributed by atoms with van der Waals surface area (Å²) in [6.45, 7) is 8.23. The quantitative estimate of drug-likeness (QED) is 0.267. The van der Waals surface area contributed by atoms with Crippen LogP contribution in [0.2, 0.25) is 0 Å². The standard InChI is InChI=1S/C32H41N3O4S/c1-5-6-22-33-32(37)26(4)34(23-21-27-13-9-7-10-14-27)31(36)24-35(29-19-17-28(18-20-29)25(2)3)40(38,39)30-15-11-8-12-16-30/h7-20,25-26H,5-6,21-24H2,1-4H3,(H,33,37)/t26-/m1/s1. The molecule has 3 aromatic carbocycles. The highest BCUT2D eigenvalue weighted by molar-refractivity contribution is 7.92. The van der Waals surface area contributed by atoms with Crippen molar-refractivity contribution in [2.45, 2.75) is 63.8 Å². The predicted octanol–water partition coefficient (Wildman–Crippen LogP) is 5.38. The molecule has 0 unspecified atom stereocenters. The highest BCUT2D eigenvalue weighted by Crippen LogP contribution is 2.26. The van der Waals surface area contributed by atoms with Crippen LogP contribution in [0.15, 0.2) is 89.8 Å². The Morgan fingerprint density at radius 1 is 0.850 bits per heavy atom. The van der Waals surface area contributed by atoms with Crippen molar-refractivity contribution in [2.75, 3.05) is 23.9 Å². The van der Waals surface area contributed by atoms with E-state index in [4.69, 9.17) is 0 Å². The van der Waals surface area contributed by atoms with E-state index < -0.39 is 28.5 Å². The van der Waals surface area contributed by atoms with Crippen molar-refractivity contribution >= 4 is 27.5 Å². The number of benzene rings is 3. The van der Waals surface area contributed by atoms with E-state index in [1.54, 1.807) is 37.3 Å². The van der Waals surface area contributed by atoms with E-state index in [0.29, 0.717) is 18.7 Å². The number of hydrogen-bond acceptors (Lipinski definition) is 4. The van der Waals surface area contributed by atoms with Gasteiger partial charge in [-0.05, 0) is 61.1 Å². The normalized spacial score (nSPS) is 12.1. The molecule has 0 aliphatic rings. The van der Waals surface area contributed by atoms with Gasteiger partial charge in [0, 0.05) is 13.1 Å². The Balaban J connectivity index is 1.95. The van der Waals surface area contributed by atoms with Crippen LogP contribution in [0.4, 0.5) is 5.69 Å². The Morgan fingerprint density at radius 3 is 2.02 bits per heavy atom. The number of carbonyl (C=O) groups excluding carboxylic acids is 2. The third-order valence-electron chi connectivity index (χ3n) is 6.94. The van der Waals surface area contributed by atoms with Crippen LogP contribution in [0.3, 0.4) is 0 Å². The Kier molecular flexibility index (Phi) is 11.3. The smallest absolute Gasteiger partial charge is 0.264 e. The molecular formula is C32H41N3O4S. The van der Waals surface area contributed by atoms with Crippen LogP contribution in [0.25, 0.3) is 0 Å². The summed E-state index contributed by atoms with van der Waals surface area (Å²) < 4.78 is 28.8. The summed E-state index contributed by atoms with van der Waals surface area (Å²) in [5.41, 5.74) is 2.48. The van der Waals surface area contributed by atoms with Crippen molar-refractivity contribution < 1.29 is 18.0 Å². The molecule has 1 N–H and O–H groups in total. The molecule has 0 spiro atoms. The molecule has 3 rings (SSSR count). The molecule has 0 aromatic heterocycles. The van der Waals surface area contributed by atoms with Crippen molar-refractivity contribution in [3.63, 3.8) is 0 Å². The lowest BCUT2D eigenvalue weighted by Crippen LogP contribution is -2.52. The molecule has 7 nitrogen and oxygen atoms in total. The number of amides is 2. The molecule has 0 bridgehead atoms. The fourth-order valence-corrected chi connectivity index (χ4v) is 5.82. The zero-order valence-electron chi connectivity index (χ0n) is 23.9. The lowest BCUT2D eigenvalue weighted by Gasteiger charge is -2.32. The molecule has 1 atom stereocenters. The Labute approximate surface area is 239 Å². The number of nitrogens with one attached hydrogen (secondary N) is 1. The third-order valence-corrected chi connectivity index (χ3v) is 8.73. The zero-order chi connectivity index (χ0) is 29.1. The van der Waals surface area contributed by atoms with Gasteiger partial charge in [0.1, 0.15) is 12.6 Å². The second kappa shape index (κ2) is 14.7. The summed E-state index contributed by atoms with van der Waals surface area (Å²) in [4.78, 5) is 28.5. The first-order chi connectivity index (χ1) is 19.1. The Morgan fingerprint density at radius 2 is 1.45 bits per heavy atom. The van der Waals surface area contributed by atoms with Gasteiger partial charge in [0.25, 0.3) is 10.0 Å². The van der Waals surface area contributed by atoms with Crippen LogP contribution in [-0.4, -0.2) is 50.8 Å². The molecule has 8 heteroatoms. The fraction of sp³-hybridized carbons (Fsp3) is 0.375. The molecule has 214 valence electrons. The van der Waals surface area contributed by atoms with E-state index in [1.165, 1.54) is 17.0 Å². The van der Waals surface area contributed by atoms with Crippen molar-refractivity contribution in [1.29, 1.82) is 0 Å². The molecular weight excluding hydrogens is 522 g/mol. The SMILES string of the molecule is CCCCNC(=O)[C@@H](C)N(CCc1ccccc1)C(=O)CN(c1ccc(C(C)C)cc1)S(=O)(=O)c1ccccc1. The van der Waals surface area contributed by atoms with E-state index in [2.05, 4.69) is 19.2 Å². The number of carbonyl (C=O) groups is 2. The van der Waals surface area contributed by atoms with Crippen molar-refractivity contribution in [3.8, 4) is 0 Å². The number of hydrogen-bond donors (Lipinski definition) is 1. The van der Waals surface area contributed by atoms with Crippen molar-refractivity contribution in [2.24, 2.45) is 0 Å². The number of anilines is 1. The fourth-order valence-electron chi connectivity index (χ4n) is 4.38. The number of unbranched alkanes of at least 4 members (excludes halogenated alkanes) is 1. The van der Waals surface area contributed by atoms with Gasteiger partial charge in [0.2, 0.25) is 11.8 Å². The second-order valence-electron chi connectivity index (χ2n) is 10.2. The van der Waals surface area contributed by atoms with Crippen LogP contribution in [0, 0.1) is 0 Å². The molecule has 0 radical (unpaired) electrons. The summed E-state index contributed by atoms with van der Waals surface area (Å²) in [5.74, 6) is -0.425. The van der Waals surface area contributed by atoms with Gasteiger partial charge in [-0.2, -0.15) is 0 Å². The van der Waals surface area contributed by atoms with Gasteiger partial charge >= 0.3 is 0 Å². The number of sulfonamides is 1. The van der Waals surface area contributed by atoms with Gasteiger partial charge in [-0.1, -0.05) is 87.9 Å². The lowest BCUT2D eigenvalue weighted by molar-refractivity contribution is -0.138. The first-order valence-electron chi connectivity index (χ1n) is 13.9. The Hall–Kier alpha value is -3.65. The summed E-state index contributed by atoms with van der Waals surface area (Å²) in [6, 6.07) is 24.3. The van der Waals surface area contributed by atoms with Gasteiger partial charge in [-0.15, -0.1) is 0 Å². The molecule has 0 fully saturated rings. The summed E-state index contributed by atoms with van der Waals surface area (Å²) in [7, 11) is -4.06. The minimum Gasteiger partial charge on any atom is -0.354 e. The summed E-state index contributed by atoms with van der Waals surface area (Å²) >= 11 is 0. The molecule has 0 saturated carbocycles. The van der Waals surface area contributed by atoms with Crippen LogP contribution < -0.4 is 9.62 Å². The first-order valence-corrected chi connectivity index (χ1v) is 15.4. The summed E-state index contributed by atoms with van der Waals surface area (Å²) in [5, 5.41) is 2.91. The maximum Gasteiger partial charge on any atom is 0.264 e. The minimum atomic E-state index is -4.06. The molecule has 2 amide bonds. The first kappa shape index (κ1) is 30.9. The van der Waals surface area contributed by atoms with Crippen LogP contribution in [0.5, 0.6) is 0 Å². The van der Waals surface area contributed by atoms with E-state index in [9.17, 15) is 18.0 Å². The lowest BCUT2D eigenvalue weighted by atomic mass is 10.0. The molecule has 0 aliphatic heterocycles. The van der Waals surface area contributed by atoms with Crippen molar-refractivity contribution in [1.82, 2.24) is 10.2 Å². The number of nitrogens with zero attached hydrogens (tertiary/aromatic N) is 2. The zero-order valence-corrected chi connectivity index (χ0v) is 24.7. The molecule has 3 aromatic rings. The second-order valence-corrected chi connectivity index (χ2v) is 12.1. The molecule has 40 heavy (non-hydrogen) atoms. The van der Waals surface area contributed by atoms with Crippen LogP contribution >= 0.6 is 0 Å². The van der Waals surface area contributed by atoms with Crippen LogP contribution in [0.1, 0.15) is 57.6 Å². The molecule has 0 heterocycles. The monoisotopic (exact) mass is 563 g/mol. The van der Waals surface area contributed by atoms with Gasteiger partial charge in [-0.25, -0.2) is 8.42 Å². The average Bonchev–Trinajstić information content (AvgIpc) is 2.97. The van der Waals surface area contributed by atoms with Gasteiger partial charge in [-0.3, -0.25) is 13.9 Å². The van der Waals surface area contributed by atoms with E-state index >= 15 is 0 Å². The van der Waals surface area contributed by atoms with Gasteiger partial charge < -0.3 is 10.2 Å². The molecule has 0 aliphatic carbocycles. The van der Waals surface area contributed by atoms with E-state index in [-0.39, 0.29) is 23.3 Å². The maximum atomic E-state index is 13.9. The van der Waals surface area contributed by atoms with Gasteiger partial charge in [0.05, 0.1) is 10.6 Å². The van der Waals surface area contributed by atoms with E-state index in [0.717, 1.165) is 28.3 Å². The Bertz CT molecular complexity index is 1330. The maximum absolute atomic E-state index is 13.9. The highest BCUT2D eigenvalue weighted by atomic mass is 32.2.